The third-order valence-corrected chi connectivity index (χ3v) is 3.10. The van der Waals surface area contributed by atoms with E-state index in [1.807, 2.05) is 6.92 Å². The van der Waals surface area contributed by atoms with Crippen molar-refractivity contribution in [1.29, 1.82) is 0 Å². The minimum Gasteiger partial charge on any atom is -0.477 e. The molecule has 0 spiro atoms. The summed E-state index contributed by atoms with van der Waals surface area (Å²) in [7, 11) is 1.68. The summed E-state index contributed by atoms with van der Waals surface area (Å²) in [6, 6.07) is 0. The molecule has 0 N–H and O–H groups in total. The van der Waals surface area contributed by atoms with E-state index >= 15 is 0 Å². The molecule has 5 heteroatoms. The Morgan fingerprint density at radius 1 is 1.29 bits per heavy atom. The van der Waals surface area contributed by atoms with E-state index in [2.05, 4.69) is 9.97 Å². The summed E-state index contributed by atoms with van der Waals surface area (Å²) in [6.45, 7) is 3.16. The first kappa shape index (κ1) is 12.6. The fraction of sp³-hybridized carbons (Fsp3) is 0.667. The average Bonchev–Trinajstić information content (AvgIpc) is 3.13. The second-order valence-electron chi connectivity index (χ2n) is 4.27. The van der Waals surface area contributed by atoms with Crippen LogP contribution in [0.3, 0.4) is 0 Å². The van der Waals surface area contributed by atoms with Crippen molar-refractivity contribution < 1.29 is 9.47 Å². The van der Waals surface area contributed by atoms with Crippen LogP contribution in [0.15, 0.2) is 0 Å². The summed E-state index contributed by atoms with van der Waals surface area (Å²) in [5, 5.41) is 0.503. The van der Waals surface area contributed by atoms with Gasteiger partial charge in [0.2, 0.25) is 5.88 Å². The minimum absolute atomic E-state index is 0.481. The van der Waals surface area contributed by atoms with Gasteiger partial charge in [-0.05, 0) is 19.8 Å². The van der Waals surface area contributed by atoms with E-state index in [4.69, 9.17) is 21.1 Å². The zero-order valence-electron chi connectivity index (χ0n) is 10.2. The molecule has 0 bridgehead atoms. The van der Waals surface area contributed by atoms with Crippen LogP contribution in [-0.2, 0) is 4.74 Å². The Labute approximate surface area is 106 Å². The number of methoxy groups -OCH3 is 1. The Morgan fingerprint density at radius 2 is 2.06 bits per heavy atom. The number of halogens is 1. The van der Waals surface area contributed by atoms with Crippen molar-refractivity contribution >= 4 is 11.6 Å². The second kappa shape index (κ2) is 5.65. The van der Waals surface area contributed by atoms with Gasteiger partial charge < -0.3 is 9.47 Å². The van der Waals surface area contributed by atoms with E-state index in [0.717, 1.165) is 30.7 Å². The van der Waals surface area contributed by atoms with Crippen molar-refractivity contribution in [3.8, 4) is 5.88 Å². The highest BCUT2D eigenvalue weighted by Gasteiger charge is 2.28. The van der Waals surface area contributed by atoms with Crippen molar-refractivity contribution in [3.05, 3.63) is 16.5 Å². The largest absolute Gasteiger partial charge is 0.477 e. The number of aromatic nitrogens is 2. The van der Waals surface area contributed by atoms with Gasteiger partial charge in [-0.1, -0.05) is 11.6 Å². The molecule has 0 unspecified atom stereocenters. The van der Waals surface area contributed by atoms with Crippen molar-refractivity contribution in [2.45, 2.75) is 32.1 Å². The number of hydrogen-bond donors (Lipinski definition) is 0. The topological polar surface area (TPSA) is 44.2 Å². The highest BCUT2D eigenvalue weighted by atomic mass is 35.5. The second-order valence-corrected chi connectivity index (χ2v) is 4.63. The summed E-state index contributed by atoms with van der Waals surface area (Å²) >= 11 is 6.08. The highest BCUT2D eigenvalue weighted by Crippen LogP contribution is 2.39. The molecule has 0 aromatic carbocycles. The molecule has 0 radical (unpaired) electrons. The Kier molecular flexibility index (Phi) is 4.18. The van der Waals surface area contributed by atoms with Crippen molar-refractivity contribution in [3.63, 3.8) is 0 Å². The van der Waals surface area contributed by atoms with Crippen molar-refractivity contribution in [1.82, 2.24) is 9.97 Å². The minimum atomic E-state index is 0.481. The maximum absolute atomic E-state index is 6.08. The predicted molar refractivity (Wildman–Crippen MR) is 65.7 cm³/mol. The summed E-state index contributed by atoms with van der Waals surface area (Å²) in [6.07, 6.45) is 3.15. The fourth-order valence-electron chi connectivity index (χ4n) is 1.52. The maximum atomic E-state index is 6.08. The highest BCUT2D eigenvalue weighted by molar-refractivity contribution is 6.30. The standard InChI is InChI=1S/C12H17ClN2O2/c1-8-10(13)14-11(9-4-5-9)15-12(8)17-7-3-6-16-2/h9H,3-7H2,1-2H3. The van der Waals surface area contributed by atoms with E-state index in [1.54, 1.807) is 7.11 Å². The fourth-order valence-corrected chi connectivity index (χ4v) is 1.69. The van der Waals surface area contributed by atoms with E-state index in [0.29, 0.717) is 30.2 Å². The van der Waals surface area contributed by atoms with Crippen LogP contribution in [0.1, 0.15) is 36.6 Å². The molecule has 17 heavy (non-hydrogen) atoms. The van der Waals surface area contributed by atoms with Gasteiger partial charge in [0.1, 0.15) is 11.0 Å². The maximum Gasteiger partial charge on any atom is 0.221 e. The lowest BCUT2D eigenvalue weighted by atomic mass is 10.3. The molecule has 1 saturated carbocycles. The zero-order valence-corrected chi connectivity index (χ0v) is 11.0. The van der Waals surface area contributed by atoms with E-state index < -0.39 is 0 Å². The molecule has 1 aliphatic rings. The van der Waals surface area contributed by atoms with Crippen LogP contribution >= 0.6 is 11.6 Å². The van der Waals surface area contributed by atoms with E-state index in [-0.39, 0.29) is 0 Å². The molecule has 0 saturated heterocycles. The molecule has 1 heterocycles. The van der Waals surface area contributed by atoms with E-state index in [9.17, 15) is 0 Å². The molecule has 0 aliphatic heterocycles. The SMILES string of the molecule is COCCCOc1nc(C2CC2)nc(Cl)c1C. The normalized spacial score (nSPS) is 15.0. The average molecular weight is 257 g/mol. The number of hydrogen-bond acceptors (Lipinski definition) is 4. The Bertz CT molecular complexity index is 394. The van der Waals surface area contributed by atoms with Gasteiger partial charge in [-0.15, -0.1) is 0 Å². The molecule has 1 fully saturated rings. The number of rotatable bonds is 6. The molecular weight excluding hydrogens is 240 g/mol. The van der Waals surface area contributed by atoms with Gasteiger partial charge in [-0.3, -0.25) is 0 Å². The van der Waals surface area contributed by atoms with Gasteiger partial charge in [0, 0.05) is 31.6 Å². The first-order valence-corrected chi connectivity index (χ1v) is 6.26. The van der Waals surface area contributed by atoms with Gasteiger partial charge in [-0.2, -0.15) is 4.98 Å². The van der Waals surface area contributed by atoms with Crippen LogP contribution in [0, 0.1) is 6.92 Å². The van der Waals surface area contributed by atoms with Crippen molar-refractivity contribution in [2.75, 3.05) is 20.3 Å². The zero-order chi connectivity index (χ0) is 12.3. The van der Waals surface area contributed by atoms with E-state index in [1.165, 1.54) is 0 Å². The smallest absolute Gasteiger partial charge is 0.221 e. The summed E-state index contributed by atoms with van der Waals surface area (Å²) in [5.74, 6) is 1.92. The molecule has 1 aliphatic carbocycles. The molecular formula is C12H17ClN2O2. The molecule has 1 aromatic rings. The van der Waals surface area contributed by atoms with Gasteiger partial charge in [0.25, 0.3) is 0 Å². The van der Waals surface area contributed by atoms with Crippen LogP contribution in [0.5, 0.6) is 5.88 Å². The summed E-state index contributed by atoms with van der Waals surface area (Å²) < 4.78 is 10.6. The van der Waals surface area contributed by atoms with Crippen molar-refractivity contribution in [2.24, 2.45) is 0 Å². The van der Waals surface area contributed by atoms with Crippen LogP contribution in [0.25, 0.3) is 0 Å². The quantitative estimate of drug-likeness (QED) is 0.580. The molecule has 0 amide bonds. The lowest BCUT2D eigenvalue weighted by molar-refractivity contribution is 0.170. The third-order valence-electron chi connectivity index (χ3n) is 2.73. The third kappa shape index (κ3) is 3.30. The number of nitrogens with zero attached hydrogens (tertiary/aromatic N) is 2. The summed E-state index contributed by atoms with van der Waals surface area (Å²) in [5.41, 5.74) is 0.813. The van der Waals surface area contributed by atoms with Crippen LogP contribution in [0.4, 0.5) is 0 Å². The summed E-state index contributed by atoms with van der Waals surface area (Å²) in [4.78, 5) is 8.72. The predicted octanol–water partition coefficient (Wildman–Crippen LogP) is 2.73. The molecule has 4 nitrogen and oxygen atoms in total. The van der Waals surface area contributed by atoms with Gasteiger partial charge in [0.05, 0.1) is 6.61 Å². The van der Waals surface area contributed by atoms with Gasteiger partial charge in [0.15, 0.2) is 0 Å². The monoisotopic (exact) mass is 256 g/mol. The first-order chi connectivity index (χ1) is 8.22. The van der Waals surface area contributed by atoms with Crippen LogP contribution < -0.4 is 4.74 Å². The first-order valence-electron chi connectivity index (χ1n) is 5.88. The lowest BCUT2D eigenvalue weighted by Gasteiger charge is -2.10. The Balaban J connectivity index is 2.03. The van der Waals surface area contributed by atoms with Gasteiger partial charge in [-0.25, -0.2) is 4.98 Å². The van der Waals surface area contributed by atoms with Crippen LogP contribution in [0.2, 0.25) is 5.15 Å². The number of ether oxygens (including phenoxy) is 2. The molecule has 1 aromatic heterocycles. The molecule has 0 atom stereocenters. The van der Waals surface area contributed by atoms with Gasteiger partial charge >= 0.3 is 0 Å². The Morgan fingerprint density at radius 3 is 2.71 bits per heavy atom. The molecule has 94 valence electrons. The Hall–Kier alpha value is -0.870. The molecule has 2 rings (SSSR count). The lowest BCUT2D eigenvalue weighted by Crippen LogP contribution is -2.06. The van der Waals surface area contributed by atoms with Crippen LogP contribution in [-0.4, -0.2) is 30.3 Å².